The molecule has 1 N–H and O–H groups in total. The summed E-state index contributed by atoms with van der Waals surface area (Å²) in [5, 5.41) is 2.97. The van der Waals surface area contributed by atoms with Crippen molar-refractivity contribution in [3.05, 3.63) is 29.8 Å². The van der Waals surface area contributed by atoms with Crippen LogP contribution in [-0.4, -0.2) is 52.5 Å². The number of aliphatic imine (C=N–C) groups is 1. The number of nitrogens with zero attached hydrogens (tertiary/aromatic N) is 2. The van der Waals surface area contributed by atoms with Crippen molar-refractivity contribution >= 4 is 40.6 Å². The molecule has 1 fully saturated rings. The molecule has 0 bridgehead atoms. The number of nitrogens with one attached hydrogen (secondary N) is 1. The number of anilines is 1. The number of fused-ring (bicyclic) bond motifs is 2. The summed E-state index contributed by atoms with van der Waals surface area (Å²) in [6.07, 6.45) is 1.00. The van der Waals surface area contributed by atoms with E-state index < -0.39 is 35.1 Å². The van der Waals surface area contributed by atoms with Crippen molar-refractivity contribution in [3.63, 3.8) is 0 Å². The van der Waals surface area contributed by atoms with E-state index in [9.17, 15) is 14.4 Å². The number of carbonyl (C=O) groups is 3. The number of ether oxygens (including phenoxy) is 2. The number of amides is 3. The number of imide groups is 1. The first-order chi connectivity index (χ1) is 12.3. The highest BCUT2D eigenvalue weighted by Gasteiger charge is 2.64. The molecule has 3 aliphatic rings. The van der Waals surface area contributed by atoms with Crippen LogP contribution < -0.4 is 5.32 Å². The standard InChI is InChI=1S/C17H17N3O5S/c1-16(2)8-24-15(23)20(16)12(21)11-17(25-14(19-11)26-3)9-6-4-5-7-10(9)18-13(17)22/h4-7,11H,8H2,1-3H3,(H,18,22)/t11-,17-/m0/s1. The molecule has 136 valence electrons. The highest BCUT2D eigenvalue weighted by atomic mass is 32.2. The summed E-state index contributed by atoms with van der Waals surface area (Å²) in [7, 11) is 0. The van der Waals surface area contributed by atoms with Gasteiger partial charge in [0.05, 0.1) is 5.54 Å². The SMILES string of the molecule is CSC1=N[C@@H](C(=O)N2C(=O)OCC2(C)C)[C@]2(O1)C(=O)Nc1ccccc12. The summed E-state index contributed by atoms with van der Waals surface area (Å²) >= 11 is 1.20. The lowest BCUT2D eigenvalue weighted by Crippen LogP contribution is -2.56. The molecule has 1 saturated heterocycles. The molecule has 0 saturated carbocycles. The number of cyclic esters (lactones) is 1. The summed E-state index contributed by atoms with van der Waals surface area (Å²) in [5.74, 6) is -1.09. The van der Waals surface area contributed by atoms with Crippen molar-refractivity contribution < 1.29 is 23.9 Å². The lowest BCUT2D eigenvalue weighted by molar-refractivity contribution is -0.144. The Morgan fingerprint density at radius 1 is 1.35 bits per heavy atom. The van der Waals surface area contributed by atoms with Gasteiger partial charge in [0.25, 0.3) is 11.8 Å². The lowest BCUT2D eigenvalue weighted by atomic mass is 9.86. The molecule has 8 nitrogen and oxygen atoms in total. The number of hydrogen-bond donors (Lipinski definition) is 1. The Balaban J connectivity index is 1.83. The van der Waals surface area contributed by atoms with Crippen LogP contribution in [0.15, 0.2) is 29.3 Å². The van der Waals surface area contributed by atoms with E-state index in [4.69, 9.17) is 9.47 Å². The molecular formula is C17H17N3O5S. The van der Waals surface area contributed by atoms with Gasteiger partial charge in [-0.1, -0.05) is 30.0 Å². The fraction of sp³-hybridized carbons (Fsp3) is 0.412. The molecule has 4 rings (SSSR count). The molecule has 1 aromatic carbocycles. The quantitative estimate of drug-likeness (QED) is 0.803. The van der Waals surface area contributed by atoms with Gasteiger partial charge in [0, 0.05) is 11.3 Å². The predicted molar refractivity (Wildman–Crippen MR) is 94.8 cm³/mol. The molecule has 3 aliphatic heterocycles. The summed E-state index contributed by atoms with van der Waals surface area (Å²) in [6.45, 7) is 3.53. The molecule has 0 radical (unpaired) electrons. The third-order valence-corrected chi connectivity index (χ3v) is 5.28. The molecule has 1 spiro atoms. The highest BCUT2D eigenvalue weighted by Crippen LogP contribution is 2.47. The van der Waals surface area contributed by atoms with E-state index in [1.807, 2.05) is 0 Å². The number of thioether (sulfide) groups is 1. The van der Waals surface area contributed by atoms with Gasteiger partial charge in [-0.15, -0.1) is 0 Å². The van der Waals surface area contributed by atoms with Crippen molar-refractivity contribution in [2.24, 2.45) is 4.99 Å². The van der Waals surface area contributed by atoms with Crippen LogP contribution >= 0.6 is 11.8 Å². The van der Waals surface area contributed by atoms with Gasteiger partial charge in [-0.2, -0.15) is 0 Å². The maximum absolute atomic E-state index is 13.3. The zero-order chi connectivity index (χ0) is 18.7. The van der Waals surface area contributed by atoms with Crippen LogP contribution in [-0.2, 0) is 24.7 Å². The van der Waals surface area contributed by atoms with Crippen molar-refractivity contribution in [1.29, 1.82) is 0 Å². The van der Waals surface area contributed by atoms with E-state index in [1.165, 1.54) is 11.8 Å². The fourth-order valence-electron chi connectivity index (χ4n) is 3.49. The largest absolute Gasteiger partial charge is 0.448 e. The first-order valence-corrected chi connectivity index (χ1v) is 9.26. The van der Waals surface area contributed by atoms with Gasteiger partial charge in [-0.05, 0) is 26.2 Å². The number of rotatable bonds is 1. The van der Waals surface area contributed by atoms with Gasteiger partial charge in [-0.3, -0.25) is 9.59 Å². The minimum atomic E-state index is -1.62. The number of hydrogen-bond acceptors (Lipinski definition) is 7. The van der Waals surface area contributed by atoms with Crippen molar-refractivity contribution in [2.75, 3.05) is 18.2 Å². The second-order valence-electron chi connectivity index (χ2n) is 6.88. The maximum atomic E-state index is 13.3. The van der Waals surface area contributed by atoms with E-state index >= 15 is 0 Å². The van der Waals surface area contributed by atoms with Crippen LogP contribution in [0, 0.1) is 0 Å². The summed E-state index contributed by atoms with van der Waals surface area (Å²) in [6, 6.07) is 5.79. The normalized spacial score (nSPS) is 28.5. The smallest absolute Gasteiger partial charge is 0.417 e. The number of carbonyl (C=O) groups excluding carboxylic acids is 3. The number of para-hydroxylation sites is 1. The highest BCUT2D eigenvalue weighted by molar-refractivity contribution is 8.13. The fourth-order valence-corrected chi connectivity index (χ4v) is 3.92. The topological polar surface area (TPSA) is 97.3 Å². The average Bonchev–Trinajstić information content (AvgIpc) is 3.22. The first kappa shape index (κ1) is 16.9. The second kappa shape index (κ2) is 5.47. The number of benzene rings is 1. The second-order valence-corrected chi connectivity index (χ2v) is 7.64. The summed E-state index contributed by atoms with van der Waals surface area (Å²) in [5.41, 5.74) is -1.36. The molecule has 0 unspecified atom stereocenters. The van der Waals surface area contributed by atoms with Crippen LogP contribution in [0.4, 0.5) is 10.5 Å². The van der Waals surface area contributed by atoms with Crippen molar-refractivity contribution in [2.45, 2.75) is 31.0 Å². The third kappa shape index (κ3) is 2.09. The average molecular weight is 375 g/mol. The van der Waals surface area contributed by atoms with Crippen LogP contribution in [0.3, 0.4) is 0 Å². The molecule has 2 atom stereocenters. The first-order valence-electron chi connectivity index (χ1n) is 8.04. The molecule has 3 amide bonds. The van der Waals surface area contributed by atoms with Gasteiger partial charge in [0.15, 0.2) is 6.04 Å². The molecule has 0 aliphatic carbocycles. The molecule has 1 aromatic rings. The van der Waals surface area contributed by atoms with E-state index in [2.05, 4.69) is 10.3 Å². The maximum Gasteiger partial charge on any atom is 0.417 e. The Bertz CT molecular complexity index is 868. The molecular weight excluding hydrogens is 358 g/mol. The van der Waals surface area contributed by atoms with E-state index in [1.54, 1.807) is 44.4 Å². The monoisotopic (exact) mass is 375 g/mol. The Kier molecular flexibility index (Phi) is 3.56. The van der Waals surface area contributed by atoms with Gasteiger partial charge in [0.2, 0.25) is 10.8 Å². The van der Waals surface area contributed by atoms with E-state index in [0.717, 1.165) is 4.90 Å². The Morgan fingerprint density at radius 2 is 2.08 bits per heavy atom. The van der Waals surface area contributed by atoms with E-state index in [0.29, 0.717) is 11.3 Å². The summed E-state index contributed by atoms with van der Waals surface area (Å²) in [4.78, 5) is 43.7. The Morgan fingerprint density at radius 3 is 2.73 bits per heavy atom. The summed E-state index contributed by atoms with van der Waals surface area (Å²) < 4.78 is 10.9. The van der Waals surface area contributed by atoms with Gasteiger partial charge in [0.1, 0.15) is 6.61 Å². The molecule has 0 aromatic heterocycles. The van der Waals surface area contributed by atoms with Gasteiger partial charge < -0.3 is 14.8 Å². The molecule has 3 heterocycles. The Hall–Kier alpha value is -2.55. The third-order valence-electron chi connectivity index (χ3n) is 4.75. The lowest BCUT2D eigenvalue weighted by Gasteiger charge is -2.32. The van der Waals surface area contributed by atoms with E-state index in [-0.39, 0.29) is 11.8 Å². The van der Waals surface area contributed by atoms with Gasteiger partial charge in [-0.25, -0.2) is 14.7 Å². The minimum absolute atomic E-state index is 0.0834. The zero-order valence-electron chi connectivity index (χ0n) is 14.4. The van der Waals surface area contributed by atoms with Gasteiger partial charge >= 0.3 is 6.09 Å². The zero-order valence-corrected chi connectivity index (χ0v) is 15.3. The van der Waals surface area contributed by atoms with Crippen LogP contribution in [0.1, 0.15) is 19.4 Å². The molecule has 9 heteroatoms. The minimum Gasteiger partial charge on any atom is -0.448 e. The van der Waals surface area contributed by atoms with Crippen LogP contribution in [0.2, 0.25) is 0 Å². The van der Waals surface area contributed by atoms with Crippen molar-refractivity contribution in [1.82, 2.24) is 4.90 Å². The molecule has 26 heavy (non-hydrogen) atoms. The van der Waals surface area contributed by atoms with Crippen LogP contribution in [0.25, 0.3) is 0 Å². The Labute approximate surface area is 153 Å². The van der Waals surface area contributed by atoms with Crippen LogP contribution in [0.5, 0.6) is 0 Å². The predicted octanol–water partition coefficient (Wildman–Crippen LogP) is 1.71. The van der Waals surface area contributed by atoms with Crippen molar-refractivity contribution in [3.8, 4) is 0 Å².